The molecule has 4 N–H and O–H groups in total. The lowest BCUT2D eigenvalue weighted by molar-refractivity contribution is 0.202. The molecule has 4 aromatic carbocycles. The van der Waals surface area contributed by atoms with E-state index in [1.807, 2.05) is 0 Å². The molecule has 0 heterocycles. The fourth-order valence-electron chi connectivity index (χ4n) is 3.93. The summed E-state index contributed by atoms with van der Waals surface area (Å²) in [6.45, 7) is 1.25. The lowest BCUT2D eigenvalue weighted by Gasteiger charge is -2.14. The van der Waals surface area contributed by atoms with E-state index in [4.69, 9.17) is 57.5 Å². The molecule has 0 aliphatic rings. The quantitative estimate of drug-likeness (QED) is 0.0663. The van der Waals surface area contributed by atoms with Crippen LogP contribution < -0.4 is 37.9 Å². The van der Waals surface area contributed by atoms with Crippen LogP contribution in [0.4, 0.5) is 0 Å². The highest BCUT2D eigenvalue weighted by molar-refractivity contribution is 7.51. The van der Waals surface area contributed by atoms with Crippen LogP contribution in [-0.4, -0.2) is 71.9 Å². The second-order valence-corrected chi connectivity index (χ2v) is 13.0. The topological polar surface area (TPSA) is 189 Å². The maximum Gasteiger partial charge on any atom is 0.362 e. The monoisotopic (exact) mass is 706 g/mol. The van der Waals surface area contributed by atoms with Gasteiger partial charge < -0.3 is 57.5 Å². The average molecular weight is 707 g/mol. The maximum atomic E-state index is 11.1. The summed E-state index contributed by atoms with van der Waals surface area (Å²) in [5, 5.41) is 0. The van der Waals surface area contributed by atoms with E-state index in [1.54, 1.807) is 97.1 Å². The Morgan fingerprint density at radius 1 is 0.375 bits per heavy atom. The molecule has 4 aromatic rings. The predicted molar refractivity (Wildman–Crippen MR) is 174 cm³/mol. The van der Waals surface area contributed by atoms with Gasteiger partial charge in [-0.25, -0.2) is 0 Å². The molecule has 0 aromatic heterocycles. The first-order valence-electron chi connectivity index (χ1n) is 14.5. The predicted octanol–water partition coefficient (Wildman–Crippen LogP) is 5.09. The van der Waals surface area contributed by atoms with E-state index in [2.05, 4.69) is 0 Å². The van der Waals surface area contributed by atoms with Gasteiger partial charge in [0.25, 0.3) is 0 Å². The Bertz CT molecular complexity index is 1550. The third kappa shape index (κ3) is 13.7. The summed E-state index contributed by atoms with van der Waals surface area (Å²) in [5.41, 5.74) is 0. The van der Waals surface area contributed by atoms with Crippen molar-refractivity contribution in [3.63, 3.8) is 0 Å². The van der Waals surface area contributed by atoms with Crippen molar-refractivity contribution in [2.24, 2.45) is 0 Å². The highest BCUT2D eigenvalue weighted by Crippen LogP contribution is 2.38. The van der Waals surface area contributed by atoms with Crippen LogP contribution in [0.5, 0.6) is 46.0 Å². The number of para-hydroxylation sites is 4. The Balaban J connectivity index is 1.13. The first-order chi connectivity index (χ1) is 23.0. The molecule has 0 saturated carbocycles. The molecule has 0 spiro atoms. The first-order valence-corrected chi connectivity index (χ1v) is 18.1. The van der Waals surface area contributed by atoms with Gasteiger partial charge in [0.1, 0.15) is 62.6 Å². The van der Waals surface area contributed by atoms with E-state index >= 15 is 0 Å². The molecule has 0 unspecified atom stereocenters. The molecule has 48 heavy (non-hydrogen) atoms. The highest BCUT2D eigenvalue weighted by atomic mass is 31.2. The lowest BCUT2D eigenvalue weighted by atomic mass is 10.3. The fraction of sp³-hybridized carbons (Fsp3) is 0.250. The number of ether oxygens (including phenoxy) is 8. The zero-order valence-electron chi connectivity index (χ0n) is 25.7. The van der Waals surface area contributed by atoms with Crippen LogP contribution >= 0.6 is 15.2 Å². The van der Waals surface area contributed by atoms with Gasteiger partial charge in [0, 0.05) is 12.1 Å². The summed E-state index contributed by atoms with van der Waals surface area (Å²) in [6.07, 6.45) is -1.50. The Morgan fingerprint density at radius 3 is 0.938 bits per heavy atom. The highest BCUT2D eigenvalue weighted by Gasteiger charge is 2.17. The van der Waals surface area contributed by atoms with Gasteiger partial charge in [-0.3, -0.25) is 9.13 Å². The molecule has 0 radical (unpaired) electrons. The molecule has 0 atom stereocenters. The second-order valence-electron chi connectivity index (χ2n) is 9.81. The van der Waals surface area contributed by atoms with Crippen LogP contribution in [0.15, 0.2) is 97.1 Å². The summed E-state index contributed by atoms with van der Waals surface area (Å²) in [7, 11) is -8.65. The van der Waals surface area contributed by atoms with Crippen molar-refractivity contribution in [1.82, 2.24) is 0 Å². The minimum atomic E-state index is -4.32. The molecular weight excluding hydrogens is 670 g/mol. The van der Waals surface area contributed by atoms with E-state index in [-0.39, 0.29) is 51.1 Å². The zero-order valence-corrected chi connectivity index (χ0v) is 27.4. The van der Waals surface area contributed by atoms with Gasteiger partial charge in [0.05, 0.1) is 0 Å². The largest absolute Gasteiger partial charge is 0.490 e. The molecule has 16 heteroatoms. The molecule has 0 aliphatic heterocycles. The van der Waals surface area contributed by atoms with Crippen LogP contribution in [0.3, 0.4) is 0 Å². The smallest absolute Gasteiger partial charge is 0.362 e. The molecule has 0 aliphatic carbocycles. The molecule has 0 amide bonds. The standard InChI is InChI=1S/C32H36O14P2/c33-47(34,35)23-45-31-13-3-1-11-29(31)43-19-17-41-27-9-5-7-25(21-27)39-15-16-40-26-8-6-10-28(22-26)42-18-20-44-30-12-2-4-14-32(30)46-24-48(36,37)38/h1-14,21-22H,15-20,23-24H2,(H2,33,34,35)(H2,36,37,38). The molecule has 0 bridgehead atoms. The second kappa shape index (κ2) is 18.2. The van der Waals surface area contributed by atoms with Gasteiger partial charge in [0.15, 0.2) is 35.7 Å². The summed E-state index contributed by atoms with van der Waals surface area (Å²) >= 11 is 0. The van der Waals surface area contributed by atoms with E-state index in [9.17, 15) is 9.13 Å². The van der Waals surface area contributed by atoms with E-state index in [0.29, 0.717) is 34.5 Å². The summed E-state index contributed by atoms with van der Waals surface area (Å²) in [5.74, 6) is 3.41. The van der Waals surface area contributed by atoms with Crippen molar-refractivity contribution < 1.29 is 66.6 Å². The maximum absolute atomic E-state index is 11.1. The number of rotatable bonds is 21. The van der Waals surface area contributed by atoms with Crippen molar-refractivity contribution in [3.05, 3.63) is 97.1 Å². The van der Waals surface area contributed by atoms with Crippen molar-refractivity contribution in [2.75, 3.05) is 52.3 Å². The number of hydrogen-bond acceptors (Lipinski definition) is 10. The van der Waals surface area contributed by atoms with Gasteiger partial charge in [-0.2, -0.15) is 0 Å². The van der Waals surface area contributed by atoms with Crippen LogP contribution in [-0.2, 0) is 9.13 Å². The van der Waals surface area contributed by atoms with Gasteiger partial charge in [0.2, 0.25) is 0 Å². The van der Waals surface area contributed by atoms with E-state index in [0.717, 1.165) is 0 Å². The molecule has 258 valence electrons. The van der Waals surface area contributed by atoms with Crippen molar-refractivity contribution in [1.29, 1.82) is 0 Å². The van der Waals surface area contributed by atoms with Crippen LogP contribution in [0, 0.1) is 0 Å². The lowest BCUT2D eigenvalue weighted by Crippen LogP contribution is -2.11. The molecule has 0 fully saturated rings. The summed E-state index contributed by atoms with van der Waals surface area (Å²) in [6, 6.07) is 27.3. The Morgan fingerprint density at radius 2 is 0.646 bits per heavy atom. The molecule has 14 nitrogen and oxygen atoms in total. The van der Waals surface area contributed by atoms with Gasteiger partial charge in [-0.1, -0.05) is 36.4 Å². The average Bonchev–Trinajstić information content (AvgIpc) is 3.06. The third-order valence-electron chi connectivity index (χ3n) is 5.93. The van der Waals surface area contributed by atoms with Gasteiger partial charge in [-0.05, 0) is 48.5 Å². The van der Waals surface area contributed by atoms with Crippen molar-refractivity contribution in [3.8, 4) is 46.0 Å². The Hall–Kier alpha value is -4.42. The SMILES string of the molecule is O=P(O)(O)COc1ccccc1OCCOc1cccc(OCCOc2cccc(OCCOc3ccccc3OCP(=O)(O)O)c2)c1. The molecule has 4 rings (SSSR count). The third-order valence-corrected chi connectivity index (χ3v) is 6.86. The van der Waals surface area contributed by atoms with Gasteiger partial charge in [-0.15, -0.1) is 0 Å². The minimum Gasteiger partial charge on any atom is -0.490 e. The van der Waals surface area contributed by atoms with Crippen LogP contribution in [0.2, 0.25) is 0 Å². The normalized spacial score (nSPS) is 11.3. The van der Waals surface area contributed by atoms with Crippen molar-refractivity contribution >= 4 is 15.2 Å². The molecule has 0 saturated heterocycles. The van der Waals surface area contributed by atoms with E-state index in [1.165, 1.54) is 0 Å². The van der Waals surface area contributed by atoms with Crippen LogP contribution in [0.1, 0.15) is 0 Å². The van der Waals surface area contributed by atoms with Crippen molar-refractivity contribution in [2.45, 2.75) is 0 Å². The first kappa shape index (κ1) is 36.4. The Kier molecular flexibility index (Phi) is 13.8. The Labute approximate surface area is 277 Å². The number of hydrogen-bond donors (Lipinski definition) is 4. The summed E-state index contributed by atoms with van der Waals surface area (Å²) < 4.78 is 67.0. The van der Waals surface area contributed by atoms with E-state index < -0.39 is 27.9 Å². The van der Waals surface area contributed by atoms with Crippen LogP contribution in [0.25, 0.3) is 0 Å². The zero-order chi connectivity index (χ0) is 34.2. The fourth-order valence-corrected chi connectivity index (χ4v) is 4.55. The minimum absolute atomic E-state index is 0.162. The summed E-state index contributed by atoms with van der Waals surface area (Å²) in [4.78, 5) is 36.2. The van der Waals surface area contributed by atoms with Gasteiger partial charge >= 0.3 is 15.2 Å². The number of benzene rings is 4. The molecular formula is C32H36O14P2.